The van der Waals surface area contributed by atoms with Gasteiger partial charge in [-0.3, -0.25) is 4.79 Å². The molecule has 0 fully saturated rings. The molecule has 2 aromatic carbocycles. The van der Waals surface area contributed by atoms with Crippen LogP contribution < -0.4 is 19.5 Å². The van der Waals surface area contributed by atoms with E-state index in [4.69, 9.17) is 14.2 Å². The Bertz CT molecular complexity index is 777. The maximum absolute atomic E-state index is 12.7. The first-order valence-electron chi connectivity index (χ1n) is 8.75. The van der Waals surface area contributed by atoms with Gasteiger partial charge in [-0.05, 0) is 29.8 Å². The fraction of sp³-hybridized carbons (Fsp3) is 0.381. The number of carbonyl (C=O) groups is 1. The molecule has 6 nitrogen and oxygen atoms in total. The Morgan fingerprint density at radius 1 is 0.963 bits per heavy atom. The molecule has 0 aliphatic carbocycles. The lowest BCUT2D eigenvalue weighted by molar-refractivity contribution is -0.132. The molecule has 0 unspecified atom stereocenters. The van der Waals surface area contributed by atoms with Gasteiger partial charge in [0.15, 0.2) is 0 Å². The lowest BCUT2D eigenvalue weighted by Gasteiger charge is -2.29. The molecule has 6 heteroatoms. The highest BCUT2D eigenvalue weighted by atomic mass is 16.5. The van der Waals surface area contributed by atoms with Gasteiger partial charge >= 0.3 is 0 Å². The lowest BCUT2D eigenvalue weighted by atomic mass is 9.92. The van der Waals surface area contributed by atoms with Crippen LogP contribution in [0.1, 0.15) is 18.5 Å². The van der Waals surface area contributed by atoms with Crippen molar-refractivity contribution in [3.63, 3.8) is 0 Å². The number of benzene rings is 2. The van der Waals surface area contributed by atoms with Crippen LogP contribution in [0, 0.1) is 5.92 Å². The predicted molar refractivity (Wildman–Crippen MR) is 107 cm³/mol. The number of nitrogens with zero attached hydrogens (tertiary/aromatic N) is 1. The number of carbonyl (C=O) groups excluding carboxylic acids is 1. The Morgan fingerprint density at radius 2 is 1.63 bits per heavy atom. The molecule has 0 heterocycles. The summed E-state index contributed by atoms with van der Waals surface area (Å²) < 4.78 is 16.1. The molecule has 1 amide bonds. The number of anilines is 1. The van der Waals surface area contributed by atoms with Gasteiger partial charge < -0.3 is 24.4 Å². The molecule has 0 aromatic heterocycles. The first kappa shape index (κ1) is 20.4. The predicted octanol–water partition coefficient (Wildman–Crippen LogP) is 3.59. The van der Waals surface area contributed by atoms with Crippen LogP contribution >= 0.6 is 0 Å². The standard InChI is InChI=1S/C21H28N2O4/c1-14(21(24)23(2)3)20(15-8-7-9-16(12-15)25-4)22-18-11-10-17(26-5)13-19(18)27-6/h7-14,20,22H,1-6H3/t14-,20+/m1/s1. The summed E-state index contributed by atoms with van der Waals surface area (Å²) in [6, 6.07) is 13.0. The summed E-state index contributed by atoms with van der Waals surface area (Å²) >= 11 is 0. The van der Waals surface area contributed by atoms with E-state index in [0.29, 0.717) is 11.5 Å². The molecule has 2 aromatic rings. The van der Waals surface area contributed by atoms with Crippen molar-refractivity contribution in [1.29, 1.82) is 0 Å². The van der Waals surface area contributed by atoms with Crippen molar-refractivity contribution < 1.29 is 19.0 Å². The molecular weight excluding hydrogens is 344 g/mol. The van der Waals surface area contributed by atoms with Crippen molar-refractivity contribution in [2.75, 3.05) is 40.7 Å². The summed E-state index contributed by atoms with van der Waals surface area (Å²) in [6.07, 6.45) is 0. The van der Waals surface area contributed by atoms with Crippen molar-refractivity contribution in [3.8, 4) is 17.2 Å². The largest absolute Gasteiger partial charge is 0.497 e. The molecule has 1 N–H and O–H groups in total. The maximum atomic E-state index is 12.7. The first-order valence-corrected chi connectivity index (χ1v) is 8.75. The van der Waals surface area contributed by atoms with Crippen LogP contribution in [0.4, 0.5) is 5.69 Å². The van der Waals surface area contributed by atoms with E-state index in [9.17, 15) is 4.79 Å². The van der Waals surface area contributed by atoms with Gasteiger partial charge in [0, 0.05) is 20.2 Å². The Labute approximate surface area is 161 Å². The van der Waals surface area contributed by atoms with E-state index < -0.39 is 0 Å². The smallest absolute Gasteiger partial charge is 0.227 e. The van der Waals surface area contributed by atoms with Crippen LogP contribution in [0.15, 0.2) is 42.5 Å². The highest BCUT2D eigenvalue weighted by molar-refractivity contribution is 5.79. The van der Waals surface area contributed by atoms with E-state index in [0.717, 1.165) is 17.0 Å². The van der Waals surface area contributed by atoms with Gasteiger partial charge in [-0.15, -0.1) is 0 Å². The topological polar surface area (TPSA) is 60.0 Å². The van der Waals surface area contributed by atoms with Crippen molar-refractivity contribution in [2.24, 2.45) is 5.92 Å². The SMILES string of the molecule is COc1cccc([C@@H](Nc2ccc(OC)cc2OC)[C@@H](C)C(=O)N(C)C)c1. The summed E-state index contributed by atoms with van der Waals surface area (Å²) in [5.74, 6) is 1.81. The van der Waals surface area contributed by atoms with Crippen molar-refractivity contribution >= 4 is 11.6 Å². The second-order valence-corrected chi connectivity index (χ2v) is 6.49. The van der Waals surface area contributed by atoms with Gasteiger partial charge in [0.05, 0.1) is 39.0 Å². The molecule has 0 aliphatic heterocycles. The van der Waals surface area contributed by atoms with E-state index in [2.05, 4.69) is 5.32 Å². The van der Waals surface area contributed by atoms with Crippen molar-refractivity contribution in [1.82, 2.24) is 4.90 Å². The van der Waals surface area contributed by atoms with Crippen LogP contribution in [0.5, 0.6) is 17.2 Å². The van der Waals surface area contributed by atoms with Gasteiger partial charge in [0.25, 0.3) is 0 Å². The van der Waals surface area contributed by atoms with Crippen LogP contribution in [0.2, 0.25) is 0 Å². The molecule has 0 radical (unpaired) electrons. The molecule has 2 rings (SSSR count). The first-order chi connectivity index (χ1) is 12.9. The molecule has 0 bridgehead atoms. The van der Waals surface area contributed by atoms with Crippen LogP contribution in [0.3, 0.4) is 0 Å². The number of methoxy groups -OCH3 is 3. The molecule has 0 spiro atoms. The number of nitrogens with one attached hydrogen (secondary N) is 1. The molecule has 2 atom stereocenters. The summed E-state index contributed by atoms with van der Waals surface area (Å²) in [7, 11) is 8.36. The Kier molecular flexibility index (Phi) is 6.93. The van der Waals surface area contributed by atoms with E-state index in [1.807, 2.05) is 49.4 Å². The van der Waals surface area contributed by atoms with Crippen molar-refractivity contribution in [3.05, 3.63) is 48.0 Å². The van der Waals surface area contributed by atoms with Crippen molar-refractivity contribution in [2.45, 2.75) is 13.0 Å². The summed E-state index contributed by atoms with van der Waals surface area (Å²) in [5, 5.41) is 3.47. The number of hydrogen-bond acceptors (Lipinski definition) is 5. The number of ether oxygens (including phenoxy) is 3. The van der Waals surface area contributed by atoms with E-state index in [-0.39, 0.29) is 17.9 Å². The lowest BCUT2D eigenvalue weighted by Crippen LogP contribution is -2.34. The minimum Gasteiger partial charge on any atom is -0.497 e. The van der Waals surface area contributed by atoms with Gasteiger partial charge in [-0.2, -0.15) is 0 Å². The highest BCUT2D eigenvalue weighted by Gasteiger charge is 2.28. The fourth-order valence-electron chi connectivity index (χ4n) is 2.97. The summed E-state index contributed by atoms with van der Waals surface area (Å²) in [6.45, 7) is 1.91. The van der Waals surface area contributed by atoms with E-state index in [1.54, 1.807) is 40.3 Å². The minimum atomic E-state index is -0.307. The normalized spacial score (nSPS) is 12.7. The molecule has 0 saturated heterocycles. The molecule has 27 heavy (non-hydrogen) atoms. The van der Waals surface area contributed by atoms with E-state index in [1.165, 1.54) is 0 Å². The Hall–Kier alpha value is -2.89. The van der Waals surface area contributed by atoms with E-state index >= 15 is 0 Å². The monoisotopic (exact) mass is 372 g/mol. The third-order valence-corrected chi connectivity index (χ3v) is 4.50. The van der Waals surface area contributed by atoms with Crippen LogP contribution in [-0.4, -0.2) is 46.2 Å². The minimum absolute atomic E-state index is 0.0304. The second-order valence-electron chi connectivity index (χ2n) is 6.49. The average molecular weight is 372 g/mol. The maximum Gasteiger partial charge on any atom is 0.227 e. The van der Waals surface area contributed by atoms with Gasteiger partial charge in [-0.1, -0.05) is 19.1 Å². The van der Waals surface area contributed by atoms with Gasteiger partial charge in [0.2, 0.25) is 5.91 Å². The van der Waals surface area contributed by atoms with Gasteiger partial charge in [-0.25, -0.2) is 0 Å². The zero-order valence-corrected chi connectivity index (χ0v) is 16.8. The Balaban J connectivity index is 2.45. The quantitative estimate of drug-likeness (QED) is 0.767. The zero-order chi connectivity index (χ0) is 20.0. The van der Waals surface area contributed by atoms with Crippen LogP contribution in [0.25, 0.3) is 0 Å². The number of rotatable bonds is 8. The Morgan fingerprint density at radius 3 is 2.22 bits per heavy atom. The molecule has 0 saturated carbocycles. The van der Waals surface area contributed by atoms with Crippen LogP contribution in [-0.2, 0) is 4.79 Å². The molecular formula is C21H28N2O4. The number of amides is 1. The third-order valence-electron chi connectivity index (χ3n) is 4.50. The summed E-state index contributed by atoms with van der Waals surface area (Å²) in [4.78, 5) is 14.3. The molecule has 0 aliphatic rings. The average Bonchev–Trinajstić information content (AvgIpc) is 2.70. The second kappa shape index (κ2) is 9.16. The number of hydrogen-bond donors (Lipinski definition) is 1. The zero-order valence-electron chi connectivity index (χ0n) is 16.8. The fourth-order valence-corrected chi connectivity index (χ4v) is 2.97. The summed E-state index contributed by atoms with van der Waals surface area (Å²) in [5.41, 5.74) is 1.74. The molecule has 146 valence electrons. The third kappa shape index (κ3) is 4.84. The highest BCUT2D eigenvalue weighted by Crippen LogP contribution is 2.35. The van der Waals surface area contributed by atoms with Gasteiger partial charge in [0.1, 0.15) is 17.2 Å².